The molecule has 0 radical (unpaired) electrons. The Morgan fingerprint density at radius 1 is 0.760 bits per heavy atom. The fourth-order valence-electron chi connectivity index (χ4n) is 3.51. The lowest BCUT2D eigenvalue weighted by Crippen LogP contribution is -2.49. The van der Waals surface area contributed by atoms with Crippen molar-refractivity contribution in [2.24, 2.45) is 0 Å². The normalized spacial score (nSPS) is 11.7. The van der Waals surface area contributed by atoms with Crippen molar-refractivity contribution in [3.63, 3.8) is 0 Å². The quantitative estimate of drug-likeness (QED) is 0.257. The van der Waals surface area contributed by atoms with Gasteiger partial charge in [-0.15, -0.1) is 0 Å². The van der Waals surface area contributed by atoms with Crippen LogP contribution in [-0.2, 0) is 6.54 Å². The standard InChI is InChI=1S/C23H42NO/c1-5-9-16-24(17-10-6-2,18-11-7-3)21-22-14-13-15-23(20-22)25-19-12-8-4/h13-15,20H,5-12,16-19,21H2,1-4H3/q+1. The predicted molar refractivity (Wildman–Crippen MR) is 110 cm³/mol. The Balaban J connectivity index is 2.87. The van der Waals surface area contributed by atoms with Gasteiger partial charge in [-0.1, -0.05) is 65.5 Å². The number of quaternary nitrogens is 1. The fraction of sp³-hybridized carbons (Fsp3) is 0.739. The Morgan fingerprint density at radius 2 is 1.32 bits per heavy atom. The fourth-order valence-corrected chi connectivity index (χ4v) is 3.51. The molecule has 0 heterocycles. The third kappa shape index (κ3) is 8.76. The van der Waals surface area contributed by atoms with Gasteiger partial charge in [-0.25, -0.2) is 0 Å². The van der Waals surface area contributed by atoms with E-state index >= 15 is 0 Å². The Kier molecular flexibility index (Phi) is 11.6. The monoisotopic (exact) mass is 348 g/mol. The van der Waals surface area contributed by atoms with Crippen molar-refractivity contribution in [1.82, 2.24) is 0 Å². The maximum atomic E-state index is 5.94. The molecule has 1 aromatic rings. The van der Waals surface area contributed by atoms with Crippen LogP contribution in [0.1, 0.15) is 84.6 Å². The highest BCUT2D eigenvalue weighted by Gasteiger charge is 2.26. The summed E-state index contributed by atoms with van der Waals surface area (Å²) in [5.41, 5.74) is 1.44. The summed E-state index contributed by atoms with van der Waals surface area (Å²) >= 11 is 0. The SMILES string of the molecule is CCCCOc1cccc(C[N+](CCCC)(CCCC)CCCC)c1. The number of benzene rings is 1. The van der Waals surface area contributed by atoms with Crippen LogP contribution in [0, 0.1) is 0 Å². The van der Waals surface area contributed by atoms with Crippen molar-refractivity contribution in [3.05, 3.63) is 29.8 Å². The van der Waals surface area contributed by atoms with Crippen molar-refractivity contribution >= 4 is 0 Å². The summed E-state index contributed by atoms with van der Waals surface area (Å²) < 4.78 is 7.20. The third-order valence-electron chi connectivity index (χ3n) is 5.14. The Labute approximate surface area is 157 Å². The summed E-state index contributed by atoms with van der Waals surface area (Å²) in [6.07, 6.45) is 10.2. The van der Waals surface area contributed by atoms with Crippen LogP contribution in [0.4, 0.5) is 0 Å². The molecule has 0 saturated heterocycles. The summed E-state index contributed by atoms with van der Waals surface area (Å²) in [6, 6.07) is 8.86. The first-order valence-electron chi connectivity index (χ1n) is 10.8. The number of hydrogen-bond donors (Lipinski definition) is 0. The zero-order valence-corrected chi connectivity index (χ0v) is 17.4. The van der Waals surface area contributed by atoms with Gasteiger partial charge in [-0.2, -0.15) is 0 Å². The Bertz CT molecular complexity index is 422. The van der Waals surface area contributed by atoms with E-state index in [0.29, 0.717) is 0 Å². The van der Waals surface area contributed by atoms with Gasteiger partial charge in [0.15, 0.2) is 0 Å². The second kappa shape index (κ2) is 13.2. The average molecular weight is 349 g/mol. The molecule has 2 nitrogen and oxygen atoms in total. The molecule has 25 heavy (non-hydrogen) atoms. The molecule has 0 aliphatic rings. The highest BCUT2D eigenvalue weighted by molar-refractivity contribution is 5.28. The van der Waals surface area contributed by atoms with Crippen LogP contribution in [0.25, 0.3) is 0 Å². The molecular formula is C23H42NO+. The van der Waals surface area contributed by atoms with Crippen LogP contribution in [0.15, 0.2) is 24.3 Å². The molecule has 0 unspecified atom stereocenters. The minimum Gasteiger partial charge on any atom is -0.494 e. The van der Waals surface area contributed by atoms with E-state index in [4.69, 9.17) is 4.74 Å². The Hall–Kier alpha value is -1.02. The van der Waals surface area contributed by atoms with E-state index in [0.717, 1.165) is 25.3 Å². The van der Waals surface area contributed by atoms with Crippen LogP contribution < -0.4 is 4.74 Å². The maximum Gasteiger partial charge on any atom is 0.119 e. The van der Waals surface area contributed by atoms with Gasteiger partial charge in [-0.05, 0) is 37.8 Å². The molecule has 0 amide bonds. The minimum absolute atomic E-state index is 0.835. The van der Waals surface area contributed by atoms with E-state index in [1.165, 1.54) is 74.6 Å². The van der Waals surface area contributed by atoms with Crippen molar-refractivity contribution in [1.29, 1.82) is 0 Å². The summed E-state index contributed by atoms with van der Waals surface area (Å²) in [5, 5.41) is 0. The number of ether oxygens (including phenoxy) is 1. The third-order valence-corrected chi connectivity index (χ3v) is 5.14. The first kappa shape index (κ1) is 22.0. The molecule has 2 heteroatoms. The average Bonchev–Trinajstić information content (AvgIpc) is 2.63. The van der Waals surface area contributed by atoms with Crippen molar-refractivity contribution in [2.75, 3.05) is 26.2 Å². The van der Waals surface area contributed by atoms with Gasteiger partial charge >= 0.3 is 0 Å². The van der Waals surface area contributed by atoms with Crippen molar-refractivity contribution in [2.45, 2.75) is 85.6 Å². The van der Waals surface area contributed by atoms with E-state index < -0.39 is 0 Å². The first-order chi connectivity index (χ1) is 12.2. The summed E-state index contributed by atoms with van der Waals surface area (Å²) in [5.74, 6) is 1.05. The number of hydrogen-bond acceptors (Lipinski definition) is 1. The van der Waals surface area contributed by atoms with Gasteiger partial charge in [0.05, 0.1) is 26.2 Å². The van der Waals surface area contributed by atoms with Crippen LogP contribution in [0.5, 0.6) is 5.75 Å². The van der Waals surface area contributed by atoms with Crippen LogP contribution in [0.2, 0.25) is 0 Å². The minimum atomic E-state index is 0.835. The van der Waals surface area contributed by atoms with E-state index in [1.54, 1.807) is 0 Å². The summed E-state index contributed by atoms with van der Waals surface area (Å²) in [7, 11) is 0. The lowest BCUT2D eigenvalue weighted by atomic mass is 10.1. The van der Waals surface area contributed by atoms with Crippen LogP contribution in [-0.4, -0.2) is 30.7 Å². The molecule has 0 saturated carbocycles. The van der Waals surface area contributed by atoms with E-state index in [1.807, 2.05) is 0 Å². The number of rotatable bonds is 15. The van der Waals surface area contributed by atoms with Crippen molar-refractivity contribution in [3.8, 4) is 5.75 Å². The molecule has 1 aromatic carbocycles. The van der Waals surface area contributed by atoms with E-state index in [2.05, 4.69) is 52.0 Å². The van der Waals surface area contributed by atoms with Crippen LogP contribution in [0.3, 0.4) is 0 Å². The molecule has 0 N–H and O–H groups in total. The van der Waals surface area contributed by atoms with Gasteiger partial charge < -0.3 is 9.22 Å². The predicted octanol–water partition coefficient (Wildman–Crippen LogP) is 6.58. The zero-order chi connectivity index (χ0) is 18.4. The molecule has 0 fully saturated rings. The lowest BCUT2D eigenvalue weighted by molar-refractivity contribution is -0.941. The summed E-state index contributed by atoms with van der Waals surface area (Å²) in [4.78, 5) is 0. The first-order valence-corrected chi connectivity index (χ1v) is 10.8. The molecular weight excluding hydrogens is 306 g/mol. The molecule has 144 valence electrons. The van der Waals surface area contributed by atoms with Gasteiger partial charge in [0.25, 0.3) is 0 Å². The molecule has 0 aromatic heterocycles. The molecule has 0 aliphatic heterocycles. The number of nitrogens with zero attached hydrogens (tertiary/aromatic N) is 1. The summed E-state index contributed by atoms with van der Waals surface area (Å²) in [6.45, 7) is 15.1. The molecule has 0 bridgehead atoms. The smallest absolute Gasteiger partial charge is 0.119 e. The Morgan fingerprint density at radius 3 is 1.84 bits per heavy atom. The maximum absolute atomic E-state index is 5.94. The number of unbranched alkanes of at least 4 members (excludes halogenated alkanes) is 4. The molecule has 0 atom stereocenters. The highest BCUT2D eigenvalue weighted by Crippen LogP contribution is 2.22. The second-order valence-corrected chi connectivity index (χ2v) is 7.58. The second-order valence-electron chi connectivity index (χ2n) is 7.58. The largest absolute Gasteiger partial charge is 0.494 e. The topological polar surface area (TPSA) is 9.23 Å². The van der Waals surface area contributed by atoms with E-state index in [-0.39, 0.29) is 0 Å². The molecule has 1 rings (SSSR count). The van der Waals surface area contributed by atoms with E-state index in [9.17, 15) is 0 Å². The van der Waals surface area contributed by atoms with Gasteiger partial charge in [0.2, 0.25) is 0 Å². The molecule has 0 aliphatic carbocycles. The zero-order valence-electron chi connectivity index (χ0n) is 17.4. The lowest BCUT2D eigenvalue weighted by Gasteiger charge is -2.39. The van der Waals surface area contributed by atoms with Crippen molar-refractivity contribution < 1.29 is 9.22 Å². The molecule has 0 spiro atoms. The van der Waals surface area contributed by atoms with Gasteiger partial charge in [0, 0.05) is 5.56 Å². The highest BCUT2D eigenvalue weighted by atomic mass is 16.5. The van der Waals surface area contributed by atoms with Gasteiger partial charge in [-0.3, -0.25) is 0 Å². The van der Waals surface area contributed by atoms with Crippen LogP contribution >= 0.6 is 0 Å². The van der Waals surface area contributed by atoms with Gasteiger partial charge in [0.1, 0.15) is 12.3 Å².